The molecule has 0 aromatic heterocycles. The number of hydrogen-bond acceptors (Lipinski definition) is 10. The number of hydrogen-bond donors (Lipinski definition) is 5. The van der Waals surface area contributed by atoms with E-state index in [0.29, 0.717) is 5.57 Å². The molecule has 11 heteroatoms. The van der Waals surface area contributed by atoms with Crippen LogP contribution in [-0.4, -0.2) is 74.0 Å². The number of aliphatic hydroxyl groups is 3. The van der Waals surface area contributed by atoms with Crippen LogP contribution < -0.4 is 5.32 Å². The maximum Gasteiger partial charge on any atom is 0.248 e. The Hall–Kier alpha value is -4.42. The third-order valence-corrected chi connectivity index (χ3v) is 9.79. The van der Waals surface area contributed by atoms with Crippen molar-refractivity contribution in [3.8, 4) is 5.75 Å². The summed E-state index contributed by atoms with van der Waals surface area (Å²) in [5.41, 5.74) is -0.271. The number of phenols is 1. The summed E-state index contributed by atoms with van der Waals surface area (Å²) in [7, 11) is 0. The molecule has 1 aliphatic carbocycles. The first-order valence-corrected chi connectivity index (χ1v) is 17.9. The molecule has 2 heterocycles. The van der Waals surface area contributed by atoms with Gasteiger partial charge in [-0.25, -0.2) is 0 Å². The number of nitrogens with one attached hydrogen (secondary N) is 1. The molecule has 0 saturated heterocycles. The highest BCUT2D eigenvalue weighted by Crippen LogP contribution is 2.39. The molecule has 1 amide bonds. The average molecular weight is 718 g/mol. The van der Waals surface area contributed by atoms with E-state index >= 15 is 0 Å². The highest BCUT2D eigenvalue weighted by molar-refractivity contribution is 8.03. The summed E-state index contributed by atoms with van der Waals surface area (Å²) < 4.78 is 0. The molecule has 10 nitrogen and oxygen atoms in total. The van der Waals surface area contributed by atoms with Gasteiger partial charge in [-0.2, -0.15) is 0 Å². The number of carbonyl (C=O) groups excluding carboxylic acids is 5. The second kappa shape index (κ2) is 18.2. The van der Waals surface area contributed by atoms with Gasteiger partial charge in [-0.05, 0) is 56.2 Å². The number of thioether (sulfide) groups is 1. The normalized spacial score (nSPS) is 26.4. The first kappa shape index (κ1) is 41.0. The van der Waals surface area contributed by atoms with Crippen LogP contribution in [0.3, 0.4) is 0 Å². The van der Waals surface area contributed by atoms with E-state index in [0.717, 1.165) is 11.8 Å². The van der Waals surface area contributed by atoms with Crippen molar-refractivity contribution in [1.82, 2.24) is 5.32 Å². The van der Waals surface area contributed by atoms with Crippen LogP contribution in [-0.2, 0) is 9.59 Å². The Morgan fingerprint density at radius 2 is 1.43 bits per heavy atom. The monoisotopic (exact) mass is 717 g/mol. The van der Waals surface area contributed by atoms with E-state index < -0.39 is 59.2 Å². The minimum Gasteiger partial charge on any atom is -0.507 e. The summed E-state index contributed by atoms with van der Waals surface area (Å²) >= 11 is 0.921. The highest BCUT2D eigenvalue weighted by Gasteiger charge is 2.38. The third kappa shape index (κ3) is 10.1. The molecule has 2 aliphatic heterocycles. The molecule has 1 aromatic carbocycles. The average Bonchev–Trinajstić information content (AvgIpc) is 3.09. The van der Waals surface area contributed by atoms with Gasteiger partial charge in [0.25, 0.3) is 0 Å². The number of ketones is 4. The number of aromatic hydroxyl groups is 1. The Kier molecular flexibility index (Phi) is 14.6. The lowest BCUT2D eigenvalue weighted by Crippen LogP contribution is -2.33. The van der Waals surface area contributed by atoms with Crippen molar-refractivity contribution in [3.63, 3.8) is 0 Å². The first-order chi connectivity index (χ1) is 24.0. The predicted octanol–water partition coefficient (Wildman–Crippen LogP) is 5.42. The molecule has 0 saturated carbocycles. The predicted molar refractivity (Wildman–Crippen MR) is 198 cm³/mol. The van der Waals surface area contributed by atoms with Gasteiger partial charge < -0.3 is 25.7 Å². The number of amides is 1. The van der Waals surface area contributed by atoms with Crippen molar-refractivity contribution in [2.24, 2.45) is 17.8 Å². The number of Topliss-reactive ketones (excluding diaryl/α,β-unsaturated/α-hetero) is 4. The van der Waals surface area contributed by atoms with Crippen molar-refractivity contribution < 1.29 is 44.4 Å². The van der Waals surface area contributed by atoms with Crippen LogP contribution in [0.15, 0.2) is 88.6 Å². The van der Waals surface area contributed by atoms with Crippen molar-refractivity contribution in [2.45, 2.75) is 72.7 Å². The molecular weight excluding hydrogens is 671 g/mol. The fraction of sp³-hybridized carbons (Fsp3) is 0.375. The third-order valence-electron chi connectivity index (χ3n) is 8.99. The van der Waals surface area contributed by atoms with E-state index in [1.54, 1.807) is 70.4 Å². The molecule has 51 heavy (non-hydrogen) atoms. The van der Waals surface area contributed by atoms with Crippen LogP contribution in [0.4, 0.5) is 0 Å². The van der Waals surface area contributed by atoms with Gasteiger partial charge in [-0.3, -0.25) is 24.0 Å². The molecular formula is C40H47NO9S. The minimum absolute atomic E-state index is 0.0985. The number of aliphatic hydroxyl groups excluding tert-OH is 3. The van der Waals surface area contributed by atoms with E-state index in [4.69, 9.17) is 0 Å². The van der Waals surface area contributed by atoms with Crippen LogP contribution >= 0.6 is 11.8 Å². The maximum absolute atomic E-state index is 13.9. The van der Waals surface area contributed by atoms with Crippen LogP contribution in [0.2, 0.25) is 0 Å². The number of benzene rings is 1. The SMILES string of the molecule is CSC1=C2NC(=O)C=CC=CC=CC(C)C(O)CC(=O)C(C)=CCC(O)C=CC(C)C(O)C(C)C=C(C)C(=O)c3c(O)c(C)cc(c3C1=O)C2=O. The Morgan fingerprint density at radius 3 is 2.10 bits per heavy atom. The lowest BCUT2D eigenvalue weighted by molar-refractivity contribution is -0.118. The smallest absolute Gasteiger partial charge is 0.248 e. The minimum atomic E-state index is -0.992. The number of phenolic OH excluding ortho intramolecular Hbond substituents is 1. The van der Waals surface area contributed by atoms with Gasteiger partial charge in [0, 0.05) is 41.4 Å². The Balaban J connectivity index is 2.08. The summed E-state index contributed by atoms with van der Waals surface area (Å²) in [5.74, 6) is -4.91. The largest absolute Gasteiger partial charge is 0.507 e. The van der Waals surface area contributed by atoms with Crippen molar-refractivity contribution in [3.05, 3.63) is 111 Å². The van der Waals surface area contributed by atoms with Gasteiger partial charge in [0.1, 0.15) is 11.4 Å². The molecule has 6 atom stereocenters. The second-order valence-electron chi connectivity index (χ2n) is 13.0. The van der Waals surface area contributed by atoms with Crippen LogP contribution in [0, 0.1) is 24.7 Å². The first-order valence-electron chi connectivity index (χ1n) is 16.7. The standard InChI is InChI=1S/C40H47NO9S/c1-21-12-10-8-9-11-13-31(45)41-34-38(49)28-19-26(6)37(48)33(32(28)39(50)40(34)51-7)36(47)25(5)18-24(4)35(46)23(3)15-17-27(42)16-14-22(2)30(44)20-29(21)43/h8-15,17-19,21,23-24,27,29,35,42-43,46,48H,16,20H2,1-7H3,(H,41,45). The van der Waals surface area contributed by atoms with Gasteiger partial charge in [-0.15, -0.1) is 11.8 Å². The molecule has 272 valence electrons. The number of carbonyl (C=O) groups is 5. The van der Waals surface area contributed by atoms with E-state index in [1.807, 2.05) is 0 Å². The van der Waals surface area contributed by atoms with Crippen molar-refractivity contribution in [2.75, 3.05) is 6.26 Å². The summed E-state index contributed by atoms with van der Waals surface area (Å²) in [6.45, 7) is 9.80. The van der Waals surface area contributed by atoms with Crippen LogP contribution in [0.25, 0.3) is 0 Å². The molecule has 0 fully saturated rings. The lowest BCUT2D eigenvalue weighted by Gasteiger charge is -2.24. The van der Waals surface area contributed by atoms with Gasteiger partial charge in [0.15, 0.2) is 11.6 Å². The second-order valence-corrected chi connectivity index (χ2v) is 13.9. The Bertz CT molecular complexity index is 1790. The van der Waals surface area contributed by atoms with Crippen molar-refractivity contribution in [1.29, 1.82) is 0 Å². The summed E-state index contributed by atoms with van der Waals surface area (Å²) in [6, 6.07) is 1.32. The van der Waals surface area contributed by atoms with Crippen LogP contribution in [0.5, 0.6) is 5.75 Å². The lowest BCUT2D eigenvalue weighted by atomic mass is 9.83. The zero-order valence-corrected chi connectivity index (χ0v) is 30.8. The fourth-order valence-corrected chi connectivity index (χ4v) is 6.34. The number of fused-ring (bicyclic) bond motifs is 18. The number of aryl methyl sites for hydroxylation is 1. The summed E-state index contributed by atoms with van der Waals surface area (Å²) in [6.07, 6.45) is 14.1. The van der Waals surface area contributed by atoms with E-state index in [-0.39, 0.29) is 63.0 Å². The molecule has 0 radical (unpaired) electrons. The molecule has 0 spiro atoms. The van der Waals surface area contributed by atoms with Gasteiger partial charge in [0.05, 0.1) is 28.8 Å². The Morgan fingerprint density at radius 1 is 0.765 bits per heavy atom. The molecule has 4 bridgehead atoms. The fourth-order valence-electron chi connectivity index (χ4n) is 5.71. The molecule has 1 aromatic rings. The highest BCUT2D eigenvalue weighted by atomic mass is 32.2. The van der Waals surface area contributed by atoms with Gasteiger partial charge in [0.2, 0.25) is 17.5 Å². The zero-order valence-electron chi connectivity index (χ0n) is 30.0. The summed E-state index contributed by atoms with van der Waals surface area (Å²) in [4.78, 5) is 67.0. The Labute approximate surface area is 303 Å². The summed E-state index contributed by atoms with van der Waals surface area (Å²) in [5, 5.41) is 45.7. The van der Waals surface area contributed by atoms with Gasteiger partial charge in [-0.1, -0.05) is 75.5 Å². The van der Waals surface area contributed by atoms with E-state index in [9.17, 15) is 44.4 Å². The van der Waals surface area contributed by atoms with E-state index in [1.165, 1.54) is 44.2 Å². The number of allylic oxidation sites excluding steroid dienone is 8. The molecule has 4 rings (SSSR count). The molecule has 5 N–H and O–H groups in total. The quantitative estimate of drug-likeness (QED) is 0.236. The van der Waals surface area contributed by atoms with Crippen molar-refractivity contribution >= 4 is 40.8 Å². The van der Waals surface area contributed by atoms with Crippen LogP contribution in [0.1, 0.15) is 84.1 Å². The molecule has 6 unspecified atom stereocenters. The topological polar surface area (TPSA) is 178 Å². The van der Waals surface area contributed by atoms with E-state index in [2.05, 4.69) is 5.32 Å². The maximum atomic E-state index is 13.9. The van der Waals surface area contributed by atoms with Gasteiger partial charge >= 0.3 is 0 Å². The number of rotatable bonds is 1. The molecule has 3 aliphatic rings. The zero-order chi connectivity index (χ0) is 38.2.